The van der Waals surface area contributed by atoms with Crippen molar-refractivity contribution >= 4 is 49.6 Å². The van der Waals surface area contributed by atoms with Crippen molar-refractivity contribution in [1.82, 2.24) is 0 Å². The second-order valence-electron chi connectivity index (χ2n) is 27.9. The number of thiophene rings is 3. The lowest BCUT2D eigenvalue weighted by atomic mass is 9.38. The lowest BCUT2D eigenvalue weighted by Crippen LogP contribution is -2.60. The molecule has 4 fully saturated rings. The Labute approximate surface area is 524 Å². The fourth-order valence-electron chi connectivity index (χ4n) is 19.3. The van der Waals surface area contributed by atoms with Gasteiger partial charge in [-0.15, -0.1) is 34.0 Å². The molecule has 2 spiro atoms. The van der Waals surface area contributed by atoms with E-state index in [4.69, 9.17) is 14.2 Å². The molecule has 8 aromatic rings. The zero-order valence-corrected chi connectivity index (χ0v) is 54.1. The molecule has 0 saturated heterocycles. The third-order valence-electron chi connectivity index (χ3n) is 22.9. The molecule has 4 saturated carbocycles. The van der Waals surface area contributed by atoms with E-state index in [1.807, 2.05) is 34.0 Å². The number of fused-ring (bicyclic) bond motifs is 7. The van der Waals surface area contributed by atoms with Crippen molar-refractivity contribution in [1.29, 1.82) is 0 Å². The van der Waals surface area contributed by atoms with Crippen molar-refractivity contribution in [3.63, 3.8) is 0 Å². The maximum atomic E-state index is 11.8. The minimum atomic E-state index is -0.663. The molecule has 7 heteroatoms. The highest BCUT2D eigenvalue weighted by Crippen LogP contribution is 2.76. The van der Waals surface area contributed by atoms with Crippen LogP contribution in [-0.2, 0) is 20.3 Å². The molecule has 6 aliphatic carbocycles. The summed E-state index contributed by atoms with van der Waals surface area (Å²) in [7, 11) is 0. The van der Waals surface area contributed by atoms with Crippen LogP contribution >= 0.6 is 34.0 Å². The molecule has 3 aromatic heterocycles. The summed E-state index contributed by atoms with van der Waals surface area (Å²) in [6.45, 7) is 21.4. The second kappa shape index (κ2) is 22.6. The van der Waals surface area contributed by atoms with Gasteiger partial charge in [0.15, 0.2) is 0 Å². The molecule has 6 aliphatic rings. The van der Waals surface area contributed by atoms with Crippen LogP contribution in [-0.4, -0.2) is 25.5 Å². The molecule has 4 bridgehead atoms. The van der Waals surface area contributed by atoms with Crippen molar-refractivity contribution in [2.24, 2.45) is 21.7 Å². The van der Waals surface area contributed by atoms with Crippen molar-refractivity contribution in [2.75, 3.05) is 13.2 Å². The van der Waals surface area contributed by atoms with E-state index in [0.717, 1.165) is 44.5 Å². The van der Waals surface area contributed by atoms with Crippen molar-refractivity contribution < 1.29 is 19.0 Å². The zero-order valence-electron chi connectivity index (χ0n) is 51.6. The third kappa shape index (κ3) is 9.22. The van der Waals surface area contributed by atoms with Gasteiger partial charge < -0.3 is 14.2 Å². The summed E-state index contributed by atoms with van der Waals surface area (Å²) in [6.07, 6.45) is 26.3. The molecule has 4 nitrogen and oxygen atoms in total. The fourth-order valence-corrected chi connectivity index (χ4v) is 22.6. The zero-order chi connectivity index (χ0) is 59.1. The number of unbranched alkanes of at least 4 members (excludes halogenated alkanes) is 7. The van der Waals surface area contributed by atoms with Crippen LogP contribution in [0.5, 0.6) is 5.75 Å². The fraction of sp³-hybridized carbons (Fsp3) is 0.430. The molecule has 0 amide bonds. The quantitative estimate of drug-likeness (QED) is 0.0460. The molecule has 5 aromatic carbocycles. The standard InChI is InChI=1S/C79H86O4S3/c1-8-58(9-2)83-73(80)82-45-17-15-13-11-10-12-14-16-44-81-59-28-22-53(23-29-59)68-34-35-69(85-68)56-26-32-62-60-30-24-54(47-64(60)78(66(62)49-56)74(4)36-18-38-75(78,5)39-19-37-74)55-25-31-61-63-33-27-57(70-51-72-71(86-70)46-52(3)84-72)50-67(63)79(65(61)48-55)76(6)40-20-42-77(79,7)43-21-41-76/h8-9,22-35,46-51,58H,1-2,10-21,36-45H2,3-7H3. The van der Waals surface area contributed by atoms with E-state index < -0.39 is 12.3 Å². The first-order chi connectivity index (χ1) is 41.7. The van der Waals surface area contributed by atoms with Crippen LogP contribution in [0.25, 0.3) is 74.1 Å². The number of carbonyl (C=O) groups excluding carboxylic acids is 1. The van der Waals surface area contributed by atoms with Crippen LogP contribution in [0.15, 0.2) is 147 Å². The van der Waals surface area contributed by atoms with Gasteiger partial charge in [0.1, 0.15) is 11.9 Å². The Kier molecular flexibility index (Phi) is 15.1. The van der Waals surface area contributed by atoms with Crippen LogP contribution in [0, 0.1) is 28.6 Å². The molecule has 86 heavy (non-hydrogen) atoms. The Morgan fingerprint density at radius 1 is 0.453 bits per heavy atom. The molecule has 0 atom stereocenters. The van der Waals surface area contributed by atoms with Crippen molar-refractivity contribution in [3.05, 3.63) is 174 Å². The van der Waals surface area contributed by atoms with Gasteiger partial charge in [-0.05, 0) is 250 Å². The first kappa shape index (κ1) is 57.7. The van der Waals surface area contributed by atoms with Crippen LogP contribution in [0.4, 0.5) is 4.79 Å². The van der Waals surface area contributed by atoms with Crippen LogP contribution in [0.1, 0.15) is 183 Å². The van der Waals surface area contributed by atoms with Gasteiger partial charge in [-0.25, -0.2) is 4.79 Å². The highest BCUT2D eigenvalue weighted by atomic mass is 32.1. The molecular weight excluding hydrogens is 1110 g/mol. The van der Waals surface area contributed by atoms with Gasteiger partial charge in [-0.3, -0.25) is 0 Å². The van der Waals surface area contributed by atoms with E-state index in [2.05, 4.69) is 169 Å². The minimum absolute atomic E-state index is 0.0458. The number of aryl methyl sites for hydroxylation is 1. The molecular formula is C79H86O4S3. The highest BCUT2D eigenvalue weighted by molar-refractivity contribution is 7.29. The van der Waals surface area contributed by atoms with Gasteiger partial charge in [0.25, 0.3) is 0 Å². The Hall–Kier alpha value is -5.99. The lowest BCUT2D eigenvalue weighted by molar-refractivity contribution is -0.0630. The first-order valence-corrected chi connectivity index (χ1v) is 35.2. The predicted molar refractivity (Wildman–Crippen MR) is 363 cm³/mol. The van der Waals surface area contributed by atoms with Crippen LogP contribution in [0.2, 0.25) is 0 Å². The topological polar surface area (TPSA) is 44.8 Å². The number of hydrogen-bond acceptors (Lipinski definition) is 7. The normalized spacial score (nSPS) is 25.7. The molecule has 444 valence electrons. The molecule has 0 unspecified atom stereocenters. The Morgan fingerprint density at radius 2 is 0.849 bits per heavy atom. The SMILES string of the molecule is C=CC(C=C)OC(=O)OCCCCCCCCCCOc1ccc(-c2ccc(-c3ccc4c(c3)C3(c5cc(-c6ccc7c(c6)C6(c8cc(-c9cc%10sc(C)cc%10s9)ccc8-7)C7(C)CCCC6(C)CCC7)ccc5-4)C4(C)CCCC3(C)CCC4)s2)cc1. The smallest absolute Gasteiger partial charge is 0.494 e. The monoisotopic (exact) mass is 1190 g/mol. The summed E-state index contributed by atoms with van der Waals surface area (Å²) < 4.78 is 19.4. The van der Waals surface area contributed by atoms with Gasteiger partial charge in [-0.2, -0.15) is 0 Å². The minimum Gasteiger partial charge on any atom is -0.494 e. The average molecular weight is 1200 g/mol. The van der Waals surface area contributed by atoms with E-state index >= 15 is 0 Å². The average Bonchev–Trinajstić information content (AvgIpc) is 1.45. The Balaban J connectivity index is 0.705. The summed E-state index contributed by atoms with van der Waals surface area (Å²) in [5.41, 5.74) is 19.6. The summed E-state index contributed by atoms with van der Waals surface area (Å²) in [4.78, 5) is 17.2. The molecule has 0 aliphatic heterocycles. The summed E-state index contributed by atoms with van der Waals surface area (Å²) >= 11 is 5.83. The van der Waals surface area contributed by atoms with Gasteiger partial charge in [-0.1, -0.05) is 154 Å². The summed E-state index contributed by atoms with van der Waals surface area (Å²) in [5, 5.41) is 0. The first-order valence-electron chi connectivity index (χ1n) is 32.8. The number of hydrogen-bond donors (Lipinski definition) is 0. The predicted octanol–water partition coefficient (Wildman–Crippen LogP) is 23.7. The van der Waals surface area contributed by atoms with E-state index in [0.29, 0.717) is 6.61 Å². The maximum absolute atomic E-state index is 11.8. The summed E-state index contributed by atoms with van der Waals surface area (Å²) in [6, 6.07) is 49.2. The van der Waals surface area contributed by atoms with E-state index in [9.17, 15) is 4.79 Å². The summed E-state index contributed by atoms with van der Waals surface area (Å²) in [5.74, 6) is 0.937. The Morgan fingerprint density at radius 3 is 1.31 bits per heavy atom. The van der Waals surface area contributed by atoms with Gasteiger partial charge in [0, 0.05) is 39.7 Å². The number of carbonyl (C=O) groups is 1. The lowest BCUT2D eigenvalue weighted by Gasteiger charge is -2.65. The van der Waals surface area contributed by atoms with E-state index in [-0.39, 0.29) is 32.5 Å². The number of ether oxygens (including phenoxy) is 3. The van der Waals surface area contributed by atoms with Gasteiger partial charge in [0.05, 0.1) is 13.2 Å². The van der Waals surface area contributed by atoms with E-state index in [1.165, 1.54) is 187 Å². The van der Waals surface area contributed by atoms with Crippen molar-refractivity contribution in [3.8, 4) is 70.5 Å². The highest BCUT2D eigenvalue weighted by Gasteiger charge is 2.68. The molecule has 0 radical (unpaired) electrons. The largest absolute Gasteiger partial charge is 0.509 e. The van der Waals surface area contributed by atoms with Crippen LogP contribution in [0.3, 0.4) is 0 Å². The Bertz CT molecular complexity index is 3800. The second-order valence-corrected chi connectivity index (χ2v) is 31.4. The van der Waals surface area contributed by atoms with Gasteiger partial charge in [0.2, 0.25) is 0 Å². The molecule has 0 N–H and O–H groups in total. The molecule has 14 rings (SSSR count). The molecule has 3 heterocycles. The third-order valence-corrected chi connectivity index (χ3v) is 26.4. The number of rotatable bonds is 19. The van der Waals surface area contributed by atoms with Crippen molar-refractivity contribution in [2.45, 2.75) is 180 Å². The van der Waals surface area contributed by atoms with Crippen LogP contribution < -0.4 is 4.74 Å². The number of benzene rings is 5. The van der Waals surface area contributed by atoms with E-state index in [1.54, 1.807) is 22.3 Å². The van der Waals surface area contributed by atoms with Gasteiger partial charge >= 0.3 is 6.16 Å². The maximum Gasteiger partial charge on any atom is 0.509 e.